The van der Waals surface area contributed by atoms with Crippen LogP contribution in [-0.4, -0.2) is 36.5 Å². The van der Waals surface area contributed by atoms with E-state index in [4.69, 9.17) is 15.2 Å². The first-order chi connectivity index (χ1) is 8.62. The third-order valence-corrected chi connectivity index (χ3v) is 3.43. The Labute approximate surface area is 116 Å². The van der Waals surface area contributed by atoms with Gasteiger partial charge in [0.1, 0.15) is 5.60 Å². The number of ether oxygens (including phenoxy) is 2. The van der Waals surface area contributed by atoms with Crippen LogP contribution >= 0.6 is 0 Å². The van der Waals surface area contributed by atoms with Crippen molar-refractivity contribution < 1.29 is 14.3 Å². The molecule has 1 amide bonds. The normalized spacial score (nSPS) is 19.9. The maximum absolute atomic E-state index is 11.8. The predicted octanol–water partition coefficient (Wildman–Crippen LogP) is 2.04. The van der Waals surface area contributed by atoms with Crippen molar-refractivity contribution in [1.29, 1.82) is 0 Å². The summed E-state index contributed by atoms with van der Waals surface area (Å²) in [5.41, 5.74) is 5.32. The highest BCUT2D eigenvalue weighted by molar-refractivity contribution is 5.68. The molecular weight excluding hydrogens is 244 g/mol. The van der Waals surface area contributed by atoms with Gasteiger partial charge in [-0.25, -0.2) is 4.79 Å². The summed E-state index contributed by atoms with van der Waals surface area (Å²) < 4.78 is 10.6. The van der Waals surface area contributed by atoms with Crippen molar-refractivity contribution in [3.63, 3.8) is 0 Å². The molecule has 0 bridgehead atoms. The first kappa shape index (κ1) is 16.2. The average Bonchev–Trinajstić information content (AvgIpc) is 2.25. The molecule has 1 atom stereocenters. The lowest BCUT2D eigenvalue weighted by atomic mass is 9.81. The van der Waals surface area contributed by atoms with Gasteiger partial charge >= 0.3 is 6.09 Å². The second kappa shape index (κ2) is 6.09. The van der Waals surface area contributed by atoms with E-state index in [0.717, 1.165) is 26.1 Å². The molecule has 5 nitrogen and oxygen atoms in total. The highest BCUT2D eigenvalue weighted by Gasteiger charge is 2.35. The Morgan fingerprint density at radius 1 is 1.26 bits per heavy atom. The molecule has 0 radical (unpaired) electrons. The topological polar surface area (TPSA) is 73.6 Å². The van der Waals surface area contributed by atoms with E-state index in [1.54, 1.807) is 0 Å². The van der Waals surface area contributed by atoms with Crippen LogP contribution in [-0.2, 0) is 9.47 Å². The number of amides is 1. The number of nitrogens with two attached hydrogens (primary N) is 1. The third-order valence-electron chi connectivity index (χ3n) is 3.43. The lowest BCUT2D eigenvalue weighted by Crippen LogP contribution is -2.60. The van der Waals surface area contributed by atoms with Gasteiger partial charge in [-0.05, 0) is 53.4 Å². The molecular formula is C14H28N2O3. The molecule has 112 valence electrons. The van der Waals surface area contributed by atoms with Crippen LogP contribution in [0.25, 0.3) is 0 Å². The van der Waals surface area contributed by atoms with Gasteiger partial charge in [0.05, 0.1) is 5.54 Å². The number of alkyl carbamates (subject to hydrolysis) is 1. The molecule has 1 aliphatic rings. The van der Waals surface area contributed by atoms with Crippen molar-refractivity contribution in [3.05, 3.63) is 0 Å². The van der Waals surface area contributed by atoms with Crippen LogP contribution in [0.1, 0.15) is 47.5 Å². The fraction of sp³-hybridized carbons (Fsp3) is 0.929. The molecule has 0 aromatic heterocycles. The van der Waals surface area contributed by atoms with Gasteiger partial charge in [0.2, 0.25) is 0 Å². The van der Waals surface area contributed by atoms with Crippen LogP contribution in [0.15, 0.2) is 0 Å². The zero-order valence-electron chi connectivity index (χ0n) is 12.8. The Morgan fingerprint density at radius 2 is 1.79 bits per heavy atom. The Morgan fingerprint density at radius 3 is 2.26 bits per heavy atom. The number of hydrogen-bond donors (Lipinski definition) is 2. The zero-order valence-corrected chi connectivity index (χ0v) is 12.8. The number of nitrogens with one attached hydrogen (secondary N) is 1. The van der Waals surface area contributed by atoms with Gasteiger partial charge < -0.3 is 20.5 Å². The minimum absolute atomic E-state index is 0.107. The van der Waals surface area contributed by atoms with E-state index >= 15 is 0 Å². The van der Waals surface area contributed by atoms with Gasteiger partial charge in [0.25, 0.3) is 0 Å². The molecule has 1 heterocycles. The first-order valence-electron chi connectivity index (χ1n) is 6.96. The largest absolute Gasteiger partial charge is 0.444 e. The Kier molecular flexibility index (Phi) is 5.21. The molecule has 1 unspecified atom stereocenters. The summed E-state index contributed by atoms with van der Waals surface area (Å²) in [4.78, 5) is 11.8. The molecule has 1 saturated heterocycles. The molecule has 3 N–H and O–H groups in total. The van der Waals surface area contributed by atoms with Gasteiger partial charge in [0, 0.05) is 19.3 Å². The highest BCUT2D eigenvalue weighted by atomic mass is 16.6. The van der Waals surface area contributed by atoms with Crippen LogP contribution in [0.5, 0.6) is 0 Å². The highest BCUT2D eigenvalue weighted by Crippen LogP contribution is 2.24. The summed E-state index contributed by atoms with van der Waals surface area (Å²) in [6.45, 7) is 10.9. The number of hydrogen-bond acceptors (Lipinski definition) is 4. The Hall–Kier alpha value is -0.810. The zero-order chi connectivity index (χ0) is 14.7. The minimum Gasteiger partial charge on any atom is -0.444 e. The average molecular weight is 272 g/mol. The molecule has 19 heavy (non-hydrogen) atoms. The van der Waals surface area contributed by atoms with Crippen LogP contribution in [0.2, 0.25) is 0 Å². The van der Waals surface area contributed by atoms with E-state index in [9.17, 15) is 4.79 Å². The fourth-order valence-corrected chi connectivity index (χ4v) is 2.31. The summed E-state index contributed by atoms with van der Waals surface area (Å²) in [5.74, 6) is 0.374. The van der Waals surface area contributed by atoms with Gasteiger partial charge in [-0.15, -0.1) is 0 Å². The monoisotopic (exact) mass is 272 g/mol. The van der Waals surface area contributed by atoms with Crippen molar-refractivity contribution in [3.8, 4) is 0 Å². The second-order valence-electron chi connectivity index (χ2n) is 6.82. The minimum atomic E-state index is -0.497. The molecule has 0 aromatic carbocycles. The lowest BCUT2D eigenvalue weighted by Gasteiger charge is -2.39. The maximum atomic E-state index is 11.8. The molecule has 0 aromatic rings. The molecule has 5 heteroatoms. The SMILES string of the molecule is CC(C)(C)OC(=O)NC(C)(C)C(N)C1CCOCC1. The van der Waals surface area contributed by atoms with E-state index < -0.39 is 17.2 Å². The molecule has 0 aliphatic carbocycles. The molecule has 0 saturated carbocycles. The van der Waals surface area contributed by atoms with Gasteiger partial charge in [-0.3, -0.25) is 0 Å². The summed E-state index contributed by atoms with van der Waals surface area (Å²) in [5, 5.41) is 2.88. The molecule has 1 fully saturated rings. The third kappa shape index (κ3) is 5.37. The van der Waals surface area contributed by atoms with Crippen molar-refractivity contribution >= 4 is 6.09 Å². The molecule has 0 spiro atoms. The second-order valence-corrected chi connectivity index (χ2v) is 6.82. The van der Waals surface area contributed by atoms with E-state index in [-0.39, 0.29) is 6.04 Å². The maximum Gasteiger partial charge on any atom is 0.408 e. The Balaban J connectivity index is 2.56. The van der Waals surface area contributed by atoms with E-state index in [2.05, 4.69) is 5.32 Å². The van der Waals surface area contributed by atoms with Crippen LogP contribution in [0.3, 0.4) is 0 Å². The van der Waals surface area contributed by atoms with Gasteiger partial charge in [-0.2, -0.15) is 0 Å². The fourth-order valence-electron chi connectivity index (χ4n) is 2.31. The summed E-state index contributed by atoms with van der Waals surface area (Å²) in [6.07, 6.45) is 1.47. The number of carbonyl (C=O) groups excluding carboxylic acids is 1. The van der Waals surface area contributed by atoms with Crippen LogP contribution in [0.4, 0.5) is 4.79 Å². The van der Waals surface area contributed by atoms with E-state index in [1.165, 1.54) is 0 Å². The standard InChI is InChI=1S/C14H28N2O3/c1-13(2,3)19-12(17)16-14(4,5)11(15)10-6-8-18-9-7-10/h10-11H,6-9,15H2,1-5H3,(H,16,17). The summed E-state index contributed by atoms with van der Waals surface area (Å²) in [7, 11) is 0. The summed E-state index contributed by atoms with van der Waals surface area (Å²) >= 11 is 0. The Bertz CT molecular complexity index is 304. The first-order valence-corrected chi connectivity index (χ1v) is 6.96. The van der Waals surface area contributed by atoms with Crippen molar-refractivity contribution in [2.45, 2.75) is 64.6 Å². The van der Waals surface area contributed by atoms with Crippen LogP contribution in [0, 0.1) is 5.92 Å². The van der Waals surface area contributed by atoms with Crippen LogP contribution < -0.4 is 11.1 Å². The van der Waals surface area contributed by atoms with Crippen molar-refractivity contribution in [2.75, 3.05) is 13.2 Å². The lowest BCUT2D eigenvalue weighted by molar-refractivity contribution is 0.0330. The number of carbonyl (C=O) groups is 1. The summed E-state index contributed by atoms with van der Waals surface area (Å²) in [6, 6.07) is -0.107. The molecule has 1 aliphatic heterocycles. The van der Waals surface area contributed by atoms with Gasteiger partial charge in [-0.1, -0.05) is 0 Å². The van der Waals surface area contributed by atoms with E-state index in [1.807, 2.05) is 34.6 Å². The van der Waals surface area contributed by atoms with Gasteiger partial charge in [0.15, 0.2) is 0 Å². The van der Waals surface area contributed by atoms with Crippen molar-refractivity contribution in [2.24, 2.45) is 11.7 Å². The van der Waals surface area contributed by atoms with Crippen molar-refractivity contribution in [1.82, 2.24) is 5.32 Å². The van der Waals surface area contributed by atoms with E-state index in [0.29, 0.717) is 5.92 Å². The smallest absolute Gasteiger partial charge is 0.408 e. The number of rotatable bonds is 3. The quantitative estimate of drug-likeness (QED) is 0.824. The predicted molar refractivity (Wildman–Crippen MR) is 75.0 cm³/mol. The molecule has 1 rings (SSSR count).